The Balaban J connectivity index is 1.62. The lowest BCUT2D eigenvalue weighted by Crippen LogP contribution is -2.30. The summed E-state index contributed by atoms with van der Waals surface area (Å²) in [6.45, 7) is -0.642. The number of ether oxygens (including phenoxy) is 1. The highest BCUT2D eigenvalue weighted by molar-refractivity contribution is 6.32. The number of hydrogen-bond acceptors (Lipinski definition) is 5. The molecular weight excluding hydrogens is 458 g/mol. The Hall–Kier alpha value is -3.67. The molecule has 3 rings (SSSR count). The second kappa shape index (κ2) is 9.64. The SMILES string of the molecule is O=C(Nc1cccc(F)c1)OCCNC(=O)c1cn(-c2ncccc2Cl)nc1C(F)(F)F. The van der Waals surface area contributed by atoms with Crippen LogP contribution in [0.5, 0.6) is 0 Å². The zero-order valence-corrected chi connectivity index (χ0v) is 16.7. The molecule has 0 aliphatic rings. The van der Waals surface area contributed by atoms with Crippen molar-refractivity contribution in [2.45, 2.75) is 6.18 Å². The van der Waals surface area contributed by atoms with Crippen molar-refractivity contribution in [3.05, 3.63) is 70.9 Å². The topological polar surface area (TPSA) is 98.1 Å². The average Bonchev–Trinajstić information content (AvgIpc) is 3.17. The molecule has 0 atom stereocenters. The van der Waals surface area contributed by atoms with Gasteiger partial charge in [0.1, 0.15) is 12.4 Å². The molecule has 2 N–H and O–H groups in total. The van der Waals surface area contributed by atoms with Gasteiger partial charge in [-0.1, -0.05) is 17.7 Å². The quantitative estimate of drug-likeness (QED) is 0.417. The summed E-state index contributed by atoms with van der Waals surface area (Å²) >= 11 is 5.93. The predicted octanol–water partition coefficient (Wildman–Crippen LogP) is 4.06. The lowest BCUT2D eigenvalue weighted by molar-refractivity contribution is -0.141. The van der Waals surface area contributed by atoms with Crippen molar-refractivity contribution in [1.82, 2.24) is 20.1 Å². The molecule has 0 spiro atoms. The van der Waals surface area contributed by atoms with Crippen molar-refractivity contribution in [1.29, 1.82) is 0 Å². The van der Waals surface area contributed by atoms with Gasteiger partial charge in [0.15, 0.2) is 11.5 Å². The summed E-state index contributed by atoms with van der Waals surface area (Å²) in [7, 11) is 0. The van der Waals surface area contributed by atoms with E-state index in [9.17, 15) is 27.2 Å². The molecule has 2 amide bonds. The first-order valence-electron chi connectivity index (χ1n) is 8.90. The van der Waals surface area contributed by atoms with Crippen molar-refractivity contribution >= 4 is 29.3 Å². The monoisotopic (exact) mass is 471 g/mol. The fourth-order valence-electron chi connectivity index (χ4n) is 2.53. The molecule has 0 saturated carbocycles. The van der Waals surface area contributed by atoms with Crippen molar-refractivity contribution in [3.8, 4) is 5.82 Å². The molecular formula is C19H14ClF4N5O3. The van der Waals surface area contributed by atoms with Crippen LogP contribution >= 0.6 is 11.6 Å². The highest BCUT2D eigenvalue weighted by atomic mass is 35.5. The van der Waals surface area contributed by atoms with Crippen molar-refractivity contribution in [2.75, 3.05) is 18.5 Å². The van der Waals surface area contributed by atoms with Crippen molar-refractivity contribution in [3.63, 3.8) is 0 Å². The number of nitrogens with zero attached hydrogens (tertiary/aromatic N) is 3. The molecule has 0 radical (unpaired) electrons. The number of benzene rings is 1. The van der Waals surface area contributed by atoms with E-state index >= 15 is 0 Å². The van der Waals surface area contributed by atoms with Crippen LogP contribution < -0.4 is 10.6 Å². The van der Waals surface area contributed by atoms with Gasteiger partial charge >= 0.3 is 12.3 Å². The van der Waals surface area contributed by atoms with Crippen LogP contribution in [0.4, 0.5) is 28.0 Å². The number of amides is 2. The number of alkyl halides is 3. The van der Waals surface area contributed by atoms with Gasteiger partial charge in [-0.2, -0.15) is 18.3 Å². The molecule has 32 heavy (non-hydrogen) atoms. The van der Waals surface area contributed by atoms with E-state index in [1.165, 1.54) is 36.5 Å². The molecule has 0 aliphatic heterocycles. The number of carbonyl (C=O) groups excluding carboxylic acids is 2. The van der Waals surface area contributed by atoms with Crippen LogP contribution in [-0.4, -0.2) is 39.9 Å². The second-order valence-corrected chi connectivity index (χ2v) is 6.58. The molecule has 0 aliphatic carbocycles. The highest BCUT2D eigenvalue weighted by Gasteiger charge is 2.39. The third-order valence-electron chi connectivity index (χ3n) is 3.88. The Morgan fingerprint density at radius 1 is 1.19 bits per heavy atom. The standard InChI is InChI=1S/C19H14ClF4N5O3/c20-14-5-2-6-25-16(14)29-10-13(15(28-29)19(22,23)24)17(30)26-7-8-32-18(31)27-12-4-1-3-11(21)9-12/h1-6,9-10H,7-8H2,(H,26,30)(H,27,31). The van der Waals surface area contributed by atoms with Gasteiger partial charge < -0.3 is 10.1 Å². The molecule has 0 bridgehead atoms. The van der Waals surface area contributed by atoms with Crippen LogP contribution in [0.25, 0.3) is 5.82 Å². The summed E-state index contributed by atoms with van der Waals surface area (Å²) in [5.74, 6) is -1.75. The third-order valence-corrected chi connectivity index (χ3v) is 4.17. The molecule has 3 aromatic rings. The van der Waals surface area contributed by atoms with Gasteiger partial charge in [-0.05, 0) is 30.3 Å². The molecule has 0 unspecified atom stereocenters. The Kier molecular flexibility index (Phi) is 6.93. The van der Waals surface area contributed by atoms with Crippen LogP contribution in [0.15, 0.2) is 48.8 Å². The van der Waals surface area contributed by atoms with E-state index in [0.717, 1.165) is 16.9 Å². The summed E-state index contributed by atoms with van der Waals surface area (Å²) in [5, 5.41) is 7.91. The Labute approximate surface area is 183 Å². The van der Waals surface area contributed by atoms with E-state index in [0.29, 0.717) is 0 Å². The van der Waals surface area contributed by atoms with E-state index in [2.05, 4.69) is 20.7 Å². The molecule has 168 valence electrons. The normalized spacial score (nSPS) is 11.2. The first-order chi connectivity index (χ1) is 15.1. The van der Waals surface area contributed by atoms with Gasteiger partial charge in [-0.3, -0.25) is 10.1 Å². The minimum Gasteiger partial charge on any atom is -0.447 e. The van der Waals surface area contributed by atoms with Gasteiger partial charge in [0.05, 0.1) is 17.1 Å². The van der Waals surface area contributed by atoms with E-state index in [1.54, 1.807) is 0 Å². The van der Waals surface area contributed by atoms with Crippen LogP contribution in [0.3, 0.4) is 0 Å². The predicted molar refractivity (Wildman–Crippen MR) is 105 cm³/mol. The number of aromatic nitrogens is 3. The van der Waals surface area contributed by atoms with Gasteiger partial charge in [0.25, 0.3) is 5.91 Å². The van der Waals surface area contributed by atoms with Gasteiger partial charge in [-0.25, -0.2) is 18.9 Å². The molecule has 2 aromatic heterocycles. The van der Waals surface area contributed by atoms with Crippen LogP contribution in [0.1, 0.15) is 16.1 Å². The average molecular weight is 472 g/mol. The summed E-state index contributed by atoms with van der Waals surface area (Å²) in [5.41, 5.74) is -2.04. The zero-order chi connectivity index (χ0) is 23.3. The first kappa shape index (κ1) is 23.0. The first-order valence-corrected chi connectivity index (χ1v) is 9.28. The van der Waals surface area contributed by atoms with Gasteiger partial charge in [0, 0.05) is 18.1 Å². The lowest BCUT2D eigenvalue weighted by atomic mass is 10.2. The maximum absolute atomic E-state index is 13.4. The molecule has 0 saturated heterocycles. The van der Waals surface area contributed by atoms with E-state index in [4.69, 9.17) is 16.3 Å². The smallest absolute Gasteiger partial charge is 0.435 e. The van der Waals surface area contributed by atoms with E-state index < -0.39 is 35.3 Å². The fourth-order valence-corrected chi connectivity index (χ4v) is 2.74. The lowest BCUT2D eigenvalue weighted by Gasteiger charge is -2.09. The number of pyridine rings is 1. The number of hydrogen-bond donors (Lipinski definition) is 2. The molecule has 0 fully saturated rings. The minimum atomic E-state index is -4.92. The molecule has 8 nitrogen and oxygen atoms in total. The summed E-state index contributed by atoms with van der Waals surface area (Å²) in [4.78, 5) is 27.8. The Bertz CT molecular complexity index is 1140. The highest BCUT2D eigenvalue weighted by Crippen LogP contribution is 2.31. The number of rotatable bonds is 6. The zero-order valence-electron chi connectivity index (χ0n) is 16.0. The Morgan fingerprint density at radius 2 is 1.97 bits per heavy atom. The van der Waals surface area contributed by atoms with Gasteiger partial charge in [-0.15, -0.1) is 0 Å². The maximum Gasteiger partial charge on any atom is 0.435 e. The summed E-state index contributed by atoms with van der Waals surface area (Å²) in [6, 6.07) is 7.94. The van der Waals surface area contributed by atoms with Crippen LogP contribution in [0.2, 0.25) is 5.02 Å². The minimum absolute atomic E-state index is 0.0355. The van der Waals surface area contributed by atoms with Crippen LogP contribution in [0, 0.1) is 5.82 Å². The number of anilines is 1. The number of carbonyl (C=O) groups is 2. The van der Waals surface area contributed by atoms with Gasteiger partial charge in [0.2, 0.25) is 0 Å². The van der Waals surface area contributed by atoms with Crippen molar-refractivity contribution in [2.24, 2.45) is 0 Å². The molecule has 13 heteroatoms. The second-order valence-electron chi connectivity index (χ2n) is 6.17. The molecule has 1 aromatic carbocycles. The van der Waals surface area contributed by atoms with E-state index in [1.807, 2.05) is 0 Å². The third kappa shape index (κ3) is 5.72. The summed E-state index contributed by atoms with van der Waals surface area (Å²) < 4.78 is 58.7. The largest absolute Gasteiger partial charge is 0.447 e. The maximum atomic E-state index is 13.4. The summed E-state index contributed by atoms with van der Waals surface area (Å²) in [6.07, 6.45) is -3.69. The fraction of sp³-hybridized carbons (Fsp3) is 0.158. The van der Waals surface area contributed by atoms with Crippen molar-refractivity contribution < 1.29 is 31.9 Å². The van der Waals surface area contributed by atoms with E-state index in [-0.39, 0.29) is 29.7 Å². The Morgan fingerprint density at radius 3 is 2.66 bits per heavy atom. The van der Waals surface area contributed by atoms with Crippen LogP contribution in [-0.2, 0) is 10.9 Å². The number of nitrogens with one attached hydrogen (secondary N) is 2. The molecule has 2 heterocycles. The number of halogens is 5.